The molecule has 0 bridgehead atoms. The van der Waals surface area contributed by atoms with Crippen LogP contribution in [-0.4, -0.2) is 45.2 Å². The highest BCUT2D eigenvalue weighted by Gasteiger charge is 2.66. The van der Waals surface area contributed by atoms with E-state index in [-0.39, 0.29) is 23.0 Å². The summed E-state index contributed by atoms with van der Waals surface area (Å²) in [7, 11) is 0. The normalized spacial score (nSPS) is 50.5. The van der Waals surface area contributed by atoms with Crippen molar-refractivity contribution in [2.75, 3.05) is 6.61 Å². The van der Waals surface area contributed by atoms with Crippen LogP contribution in [0.3, 0.4) is 0 Å². The fourth-order valence-corrected chi connectivity index (χ4v) is 7.21. The van der Waals surface area contributed by atoms with E-state index in [0.29, 0.717) is 25.2 Å². The molecule has 0 radical (unpaired) electrons. The maximum absolute atomic E-state index is 12.4. The van der Waals surface area contributed by atoms with Gasteiger partial charge in [-0.2, -0.15) is 0 Å². The molecule has 7 atom stereocenters. The first-order valence-corrected chi connectivity index (χ1v) is 9.97. The van der Waals surface area contributed by atoms with Gasteiger partial charge in [0.05, 0.1) is 6.10 Å². The lowest BCUT2D eigenvalue weighted by molar-refractivity contribution is -0.166. The lowest BCUT2D eigenvalue weighted by Gasteiger charge is -2.59. The van der Waals surface area contributed by atoms with Gasteiger partial charge in [0.1, 0.15) is 12.2 Å². The Morgan fingerprint density at radius 3 is 2.58 bits per heavy atom. The molecule has 0 heterocycles. The molecule has 0 aliphatic heterocycles. The van der Waals surface area contributed by atoms with Crippen molar-refractivity contribution in [2.24, 2.45) is 28.6 Å². The van der Waals surface area contributed by atoms with Crippen LogP contribution >= 0.6 is 0 Å². The Kier molecular flexibility index (Phi) is 4.04. The minimum Gasteiger partial charge on any atom is -0.389 e. The van der Waals surface area contributed by atoms with E-state index in [4.69, 9.17) is 0 Å². The van der Waals surface area contributed by atoms with Gasteiger partial charge in [-0.25, -0.2) is 0 Å². The summed E-state index contributed by atoms with van der Waals surface area (Å²) in [6.45, 7) is 3.56. The number of hydrogen-bond donors (Lipinski definition) is 3. The van der Waals surface area contributed by atoms with Crippen LogP contribution in [0.15, 0.2) is 11.6 Å². The SMILES string of the molecule is C[C@]12CCC(=O)C=C1[C@@H](O)C[C@@H]1[C@@H]2CC[C@@]2(C)[C@H]1CC[C@@]2(O)C(=O)CO. The minimum absolute atomic E-state index is 0.111. The van der Waals surface area contributed by atoms with Crippen molar-refractivity contribution in [3.05, 3.63) is 11.6 Å². The molecule has 0 amide bonds. The van der Waals surface area contributed by atoms with E-state index in [1.807, 2.05) is 6.92 Å². The summed E-state index contributed by atoms with van der Waals surface area (Å²) in [5.74, 6) is 0.411. The first-order valence-electron chi connectivity index (χ1n) is 9.97. The number of fused-ring (bicyclic) bond motifs is 5. The predicted molar refractivity (Wildman–Crippen MR) is 95.1 cm³/mol. The van der Waals surface area contributed by atoms with Gasteiger partial charge in [0.25, 0.3) is 0 Å². The Balaban J connectivity index is 1.72. The average molecular weight is 362 g/mol. The average Bonchev–Trinajstić information content (AvgIpc) is 2.88. The Morgan fingerprint density at radius 2 is 1.88 bits per heavy atom. The quantitative estimate of drug-likeness (QED) is 0.696. The lowest BCUT2D eigenvalue weighted by Crippen LogP contribution is -2.59. The summed E-state index contributed by atoms with van der Waals surface area (Å²) < 4.78 is 0. The van der Waals surface area contributed by atoms with Gasteiger partial charge in [-0.15, -0.1) is 0 Å². The zero-order valence-corrected chi connectivity index (χ0v) is 15.7. The van der Waals surface area contributed by atoms with Crippen LogP contribution in [0, 0.1) is 28.6 Å². The smallest absolute Gasteiger partial charge is 0.190 e. The zero-order valence-electron chi connectivity index (χ0n) is 15.7. The van der Waals surface area contributed by atoms with Crippen molar-refractivity contribution in [3.63, 3.8) is 0 Å². The molecule has 3 saturated carbocycles. The molecular formula is C21H30O5. The highest BCUT2D eigenvalue weighted by atomic mass is 16.3. The summed E-state index contributed by atoms with van der Waals surface area (Å²) >= 11 is 0. The number of carbonyl (C=O) groups is 2. The molecule has 26 heavy (non-hydrogen) atoms. The van der Waals surface area contributed by atoms with Crippen LogP contribution in [0.25, 0.3) is 0 Å². The van der Waals surface area contributed by atoms with E-state index < -0.39 is 29.5 Å². The highest BCUT2D eigenvalue weighted by Crippen LogP contribution is 2.67. The van der Waals surface area contributed by atoms with Gasteiger partial charge in [0.2, 0.25) is 0 Å². The molecule has 3 N–H and O–H groups in total. The number of carbonyl (C=O) groups excluding carboxylic acids is 2. The van der Waals surface area contributed by atoms with E-state index in [9.17, 15) is 24.9 Å². The first-order chi connectivity index (χ1) is 12.2. The van der Waals surface area contributed by atoms with Gasteiger partial charge >= 0.3 is 0 Å². The molecule has 4 aliphatic rings. The van der Waals surface area contributed by atoms with Gasteiger partial charge < -0.3 is 15.3 Å². The molecule has 3 fully saturated rings. The van der Waals surface area contributed by atoms with Crippen LogP contribution in [-0.2, 0) is 9.59 Å². The maximum Gasteiger partial charge on any atom is 0.190 e. The van der Waals surface area contributed by atoms with Crippen LogP contribution in [0.5, 0.6) is 0 Å². The first kappa shape index (κ1) is 18.3. The largest absolute Gasteiger partial charge is 0.389 e. The van der Waals surface area contributed by atoms with E-state index in [1.54, 1.807) is 6.08 Å². The minimum atomic E-state index is -1.46. The van der Waals surface area contributed by atoms with Gasteiger partial charge in [-0.3, -0.25) is 9.59 Å². The second-order valence-corrected chi connectivity index (χ2v) is 9.55. The summed E-state index contributed by atoms with van der Waals surface area (Å²) in [4.78, 5) is 24.3. The van der Waals surface area contributed by atoms with Crippen molar-refractivity contribution in [1.82, 2.24) is 0 Å². The Morgan fingerprint density at radius 1 is 1.19 bits per heavy atom. The van der Waals surface area contributed by atoms with E-state index in [1.165, 1.54) is 0 Å². The Labute approximate surface area is 154 Å². The van der Waals surface area contributed by atoms with E-state index in [0.717, 1.165) is 31.3 Å². The van der Waals surface area contributed by atoms with Crippen molar-refractivity contribution in [1.29, 1.82) is 0 Å². The molecule has 144 valence electrons. The monoisotopic (exact) mass is 362 g/mol. The molecule has 0 unspecified atom stereocenters. The third-order valence-electron chi connectivity index (χ3n) is 8.73. The van der Waals surface area contributed by atoms with Crippen LogP contribution in [0.2, 0.25) is 0 Å². The van der Waals surface area contributed by atoms with Gasteiger partial charge in [0, 0.05) is 11.8 Å². The van der Waals surface area contributed by atoms with Gasteiger partial charge in [0.15, 0.2) is 11.6 Å². The van der Waals surface area contributed by atoms with Crippen molar-refractivity contribution >= 4 is 11.6 Å². The molecule has 4 rings (SSSR count). The molecule has 4 aliphatic carbocycles. The number of Topliss-reactive ketones (excluding diaryl/α,β-unsaturated/α-hetero) is 1. The maximum atomic E-state index is 12.4. The topological polar surface area (TPSA) is 94.8 Å². The second-order valence-electron chi connectivity index (χ2n) is 9.55. The van der Waals surface area contributed by atoms with E-state index >= 15 is 0 Å². The number of rotatable bonds is 2. The number of hydrogen-bond acceptors (Lipinski definition) is 5. The molecule has 5 nitrogen and oxygen atoms in total. The molecule has 0 aromatic rings. The number of ketones is 2. The summed E-state index contributed by atoms with van der Waals surface area (Å²) in [6.07, 6.45) is 5.74. The van der Waals surface area contributed by atoms with Crippen LogP contribution in [0.1, 0.15) is 58.8 Å². The zero-order chi connectivity index (χ0) is 18.9. The molecular weight excluding hydrogens is 332 g/mol. The summed E-state index contributed by atoms with van der Waals surface area (Å²) in [5, 5.41) is 31.4. The fraction of sp³-hybridized carbons (Fsp3) is 0.810. The second kappa shape index (κ2) is 5.73. The number of aliphatic hydroxyl groups is 3. The molecule has 0 spiro atoms. The molecule has 0 aromatic carbocycles. The van der Waals surface area contributed by atoms with E-state index in [2.05, 4.69) is 6.92 Å². The third-order valence-corrected chi connectivity index (χ3v) is 8.73. The lowest BCUT2D eigenvalue weighted by atomic mass is 9.45. The summed E-state index contributed by atoms with van der Waals surface area (Å²) in [5.41, 5.74) is -1.27. The predicted octanol–water partition coefficient (Wildman–Crippen LogP) is 1.78. The standard InChI is InChI=1S/C21H30O5/c1-19-6-3-12(23)9-16(19)17(24)10-13-14(19)4-7-20(2)15(13)5-8-21(20,26)18(25)11-22/h9,13-15,17,22,24,26H,3-8,10-11H2,1-2H3/t13-,14+,15+,17+,19-,20+,21-/m1/s1. The van der Waals surface area contributed by atoms with Crippen LogP contribution in [0.4, 0.5) is 0 Å². The molecule has 0 saturated heterocycles. The molecule has 5 heteroatoms. The Bertz CT molecular complexity index is 684. The molecule has 0 aromatic heterocycles. The fourth-order valence-electron chi connectivity index (χ4n) is 7.21. The van der Waals surface area contributed by atoms with Gasteiger partial charge in [-0.05, 0) is 73.3 Å². The summed E-state index contributed by atoms with van der Waals surface area (Å²) in [6, 6.07) is 0. The van der Waals surface area contributed by atoms with Gasteiger partial charge in [-0.1, -0.05) is 13.8 Å². The van der Waals surface area contributed by atoms with Crippen LogP contribution < -0.4 is 0 Å². The highest BCUT2D eigenvalue weighted by molar-refractivity contribution is 5.92. The van der Waals surface area contributed by atoms with Crippen molar-refractivity contribution < 1.29 is 24.9 Å². The van der Waals surface area contributed by atoms with Crippen molar-refractivity contribution in [2.45, 2.75) is 70.5 Å². The third kappa shape index (κ3) is 2.14. The Hall–Kier alpha value is -1.04. The van der Waals surface area contributed by atoms with Crippen molar-refractivity contribution in [3.8, 4) is 0 Å². The number of aliphatic hydroxyl groups excluding tert-OH is 2.